The summed E-state index contributed by atoms with van der Waals surface area (Å²) < 4.78 is 4.67. The van der Waals surface area contributed by atoms with Crippen molar-refractivity contribution in [1.82, 2.24) is 24.1 Å². The van der Waals surface area contributed by atoms with E-state index in [1.54, 1.807) is 0 Å². The summed E-state index contributed by atoms with van der Waals surface area (Å²) in [6.07, 6.45) is 0. The number of nitrogens with zero attached hydrogens (tertiary/aromatic N) is 5. The second-order valence-corrected chi connectivity index (χ2v) is 15.7. The fourth-order valence-electron chi connectivity index (χ4n) is 9.07. The quantitative estimate of drug-likeness (QED) is 0.162. The predicted octanol–water partition coefficient (Wildman–Crippen LogP) is 14.4. The van der Waals surface area contributed by atoms with Crippen LogP contribution >= 0.6 is 0 Å². The van der Waals surface area contributed by atoms with Crippen molar-refractivity contribution in [2.24, 2.45) is 0 Å². The summed E-state index contributed by atoms with van der Waals surface area (Å²) in [5.41, 5.74) is 14.2. The molecule has 0 fully saturated rings. The lowest BCUT2D eigenvalue weighted by atomic mass is 9.94. The lowest BCUT2D eigenvalue weighted by Gasteiger charge is -2.17. The van der Waals surface area contributed by atoms with Crippen LogP contribution in [0.4, 0.5) is 0 Å². The molecule has 290 valence electrons. The highest BCUT2D eigenvalue weighted by Crippen LogP contribution is 2.42. The van der Waals surface area contributed by atoms with Crippen molar-refractivity contribution >= 4 is 43.6 Å². The molecule has 0 saturated heterocycles. The SMILES string of the molecule is c1ccc(-c2cccc(-c3cc(-c4ccccc4)ccc3-n3c4ccccc4c4cc5c6ccccc6n(-c6nc(-c7ccccc7)nc(-c7ccccc7)n6)c5cc43)c2)cc1. The largest absolute Gasteiger partial charge is 0.309 e. The summed E-state index contributed by atoms with van der Waals surface area (Å²) in [7, 11) is 0. The van der Waals surface area contributed by atoms with Gasteiger partial charge < -0.3 is 4.57 Å². The van der Waals surface area contributed by atoms with Crippen LogP contribution in [0.15, 0.2) is 224 Å². The van der Waals surface area contributed by atoms with E-state index in [-0.39, 0.29) is 0 Å². The van der Waals surface area contributed by atoms with Gasteiger partial charge in [0.25, 0.3) is 0 Å². The normalized spacial score (nSPS) is 11.5. The topological polar surface area (TPSA) is 48.5 Å². The fourth-order valence-corrected chi connectivity index (χ4v) is 9.07. The van der Waals surface area contributed by atoms with E-state index in [0.29, 0.717) is 17.6 Å². The Kier molecular flexibility index (Phi) is 8.42. The third kappa shape index (κ3) is 5.98. The molecule has 0 saturated carbocycles. The molecule has 0 atom stereocenters. The predicted molar refractivity (Wildman–Crippen MR) is 256 cm³/mol. The van der Waals surface area contributed by atoms with E-state index in [9.17, 15) is 0 Å². The number of fused-ring (bicyclic) bond motifs is 6. The summed E-state index contributed by atoms with van der Waals surface area (Å²) >= 11 is 0. The maximum absolute atomic E-state index is 5.23. The molecule has 0 bridgehead atoms. The van der Waals surface area contributed by atoms with Crippen LogP contribution in [0.3, 0.4) is 0 Å². The first-order valence-corrected chi connectivity index (χ1v) is 20.9. The Labute approximate surface area is 358 Å². The van der Waals surface area contributed by atoms with Crippen molar-refractivity contribution in [3.8, 4) is 67.8 Å². The van der Waals surface area contributed by atoms with Crippen molar-refractivity contribution < 1.29 is 0 Å². The summed E-state index contributed by atoms with van der Waals surface area (Å²) in [5, 5.41) is 4.64. The van der Waals surface area contributed by atoms with Gasteiger partial charge in [-0.2, -0.15) is 9.97 Å². The minimum atomic E-state index is 0.566. The number of para-hydroxylation sites is 2. The zero-order valence-electron chi connectivity index (χ0n) is 33.6. The molecule has 12 rings (SSSR count). The first-order chi connectivity index (χ1) is 30.7. The van der Waals surface area contributed by atoms with E-state index in [2.05, 4.69) is 197 Å². The van der Waals surface area contributed by atoms with Crippen LogP contribution < -0.4 is 0 Å². The van der Waals surface area contributed by atoms with Gasteiger partial charge in [-0.3, -0.25) is 4.57 Å². The number of aromatic nitrogens is 5. The molecule has 0 unspecified atom stereocenters. The highest BCUT2D eigenvalue weighted by atomic mass is 15.2. The molecule has 0 radical (unpaired) electrons. The average Bonchev–Trinajstić information content (AvgIpc) is 3.86. The summed E-state index contributed by atoms with van der Waals surface area (Å²) in [6.45, 7) is 0. The van der Waals surface area contributed by atoms with Crippen molar-refractivity contribution in [3.63, 3.8) is 0 Å². The fraction of sp³-hybridized carbons (Fsp3) is 0. The second kappa shape index (κ2) is 14.7. The molecule has 3 aromatic heterocycles. The van der Waals surface area contributed by atoms with Gasteiger partial charge in [-0.05, 0) is 70.3 Å². The standard InChI is InChI=1S/C57H37N5/c1-5-18-38(19-6-1)42-26-17-27-44(34-42)47-35-43(39-20-7-2-8-21-39)32-33-52(47)61-50-30-15-13-28-45(50)48-36-49-46-29-14-16-31-51(46)62(54(49)37-53(48)61)57-59-55(40-22-9-3-10-23-40)58-56(60-57)41-24-11-4-12-25-41/h1-37H. The minimum Gasteiger partial charge on any atom is -0.309 e. The van der Waals surface area contributed by atoms with E-state index in [1.165, 1.54) is 27.5 Å². The first kappa shape index (κ1) is 35.5. The zero-order chi connectivity index (χ0) is 41.0. The molecule has 62 heavy (non-hydrogen) atoms. The van der Waals surface area contributed by atoms with Crippen LogP contribution in [0.1, 0.15) is 0 Å². The van der Waals surface area contributed by atoms with Gasteiger partial charge in [-0.15, -0.1) is 0 Å². The van der Waals surface area contributed by atoms with Crippen LogP contribution in [0, 0.1) is 0 Å². The van der Waals surface area contributed by atoms with E-state index < -0.39 is 0 Å². The molecular formula is C57H37N5. The van der Waals surface area contributed by atoms with Crippen LogP contribution in [-0.2, 0) is 0 Å². The summed E-state index contributed by atoms with van der Waals surface area (Å²) in [6, 6.07) is 79.5. The van der Waals surface area contributed by atoms with E-state index in [1.807, 2.05) is 36.4 Å². The summed E-state index contributed by atoms with van der Waals surface area (Å²) in [5.74, 6) is 1.81. The van der Waals surface area contributed by atoms with Gasteiger partial charge in [0.1, 0.15) is 0 Å². The van der Waals surface area contributed by atoms with Gasteiger partial charge in [-0.1, -0.05) is 182 Å². The zero-order valence-corrected chi connectivity index (χ0v) is 33.6. The third-order valence-corrected chi connectivity index (χ3v) is 12.0. The molecule has 5 heteroatoms. The Morgan fingerprint density at radius 3 is 1.29 bits per heavy atom. The molecule has 0 aliphatic carbocycles. The molecule has 0 aliphatic heterocycles. The van der Waals surface area contributed by atoms with Crippen molar-refractivity contribution in [1.29, 1.82) is 0 Å². The van der Waals surface area contributed by atoms with Gasteiger partial charge in [0.2, 0.25) is 5.95 Å². The third-order valence-electron chi connectivity index (χ3n) is 12.0. The van der Waals surface area contributed by atoms with Crippen LogP contribution in [0.5, 0.6) is 0 Å². The number of hydrogen-bond acceptors (Lipinski definition) is 3. The molecule has 0 aliphatic rings. The van der Waals surface area contributed by atoms with Gasteiger partial charge in [-0.25, -0.2) is 4.98 Å². The lowest BCUT2D eigenvalue weighted by Crippen LogP contribution is -2.06. The summed E-state index contributed by atoms with van der Waals surface area (Å²) in [4.78, 5) is 15.5. The Morgan fingerprint density at radius 2 is 0.710 bits per heavy atom. The van der Waals surface area contributed by atoms with Gasteiger partial charge in [0.15, 0.2) is 11.6 Å². The smallest absolute Gasteiger partial charge is 0.238 e. The Morgan fingerprint density at radius 1 is 0.258 bits per heavy atom. The molecule has 0 amide bonds. The molecule has 3 heterocycles. The Balaban J connectivity index is 1.16. The average molecular weight is 792 g/mol. The molecule has 0 spiro atoms. The van der Waals surface area contributed by atoms with Crippen LogP contribution in [0.25, 0.3) is 111 Å². The first-order valence-electron chi connectivity index (χ1n) is 20.9. The van der Waals surface area contributed by atoms with Crippen molar-refractivity contribution in [2.45, 2.75) is 0 Å². The highest BCUT2D eigenvalue weighted by molar-refractivity contribution is 6.19. The molecule has 9 aromatic carbocycles. The number of hydrogen-bond donors (Lipinski definition) is 0. The lowest BCUT2D eigenvalue weighted by molar-refractivity contribution is 0.953. The maximum atomic E-state index is 5.23. The highest BCUT2D eigenvalue weighted by Gasteiger charge is 2.22. The maximum Gasteiger partial charge on any atom is 0.238 e. The van der Waals surface area contributed by atoms with Crippen LogP contribution in [0.2, 0.25) is 0 Å². The minimum absolute atomic E-state index is 0.566. The van der Waals surface area contributed by atoms with Gasteiger partial charge in [0, 0.05) is 38.2 Å². The molecule has 5 nitrogen and oxygen atoms in total. The van der Waals surface area contributed by atoms with Gasteiger partial charge >= 0.3 is 0 Å². The van der Waals surface area contributed by atoms with E-state index in [0.717, 1.165) is 66.3 Å². The van der Waals surface area contributed by atoms with Crippen molar-refractivity contribution in [2.75, 3.05) is 0 Å². The van der Waals surface area contributed by atoms with E-state index in [4.69, 9.17) is 15.0 Å². The van der Waals surface area contributed by atoms with Crippen molar-refractivity contribution in [3.05, 3.63) is 224 Å². The molecular weight excluding hydrogens is 755 g/mol. The molecule has 12 aromatic rings. The van der Waals surface area contributed by atoms with Gasteiger partial charge in [0.05, 0.1) is 27.8 Å². The Bertz CT molecular complexity index is 3550. The molecule has 0 N–H and O–H groups in total. The van der Waals surface area contributed by atoms with E-state index >= 15 is 0 Å². The monoisotopic (exact) mass is 791 g/mol. The second-order valence-electron chi connectivity index (χ2n) is 15.7. The number of rotatable bonds is 7. The number of benzene rings is 9. The van der Waals surface area contributed by atoms with Crippen LogP contribution in [-0.4, -0.2) is 24.1 Å². The Hall–Kier alpha value is -8.41.